The second kappa shape index (κ2) is 4.18. The minimum atomic E-state index is -0.442. The van der Waals surface area contributed by atoms with Gasteiger partial charge in [-0.15, -0.1) is 0 Å². The number of imidazole rings is 1. The molecule has 16 heavy (non-hydrogen) atoms. The third-order valence-electron chi connectivity index (χ3n) is 3.38. The molecule has 1 aliphatic heterocycles. The van der Waals surface area contributed by atoms with Crippen molar-refractivity contribution in [2.75, 3.05) is 13.1 Å². The summed E-state index contributed by atoms with van der Waals surface area (Å²) >= 11 is 0. The topological polar surface area (TPSA) is 41.3 Å². The van der Waals surface area contributed by atoms with Crippen molar-refractivity contribution in [1.82, 2.24) is 14.5 Å². The van der Waals surface area contributed by atoms with Gasteiger partial charge in [0.2, 0.25) is 0 Å². The van der Waals surface area contributed by atoms with Crippen LogP contribution < -0.4 is 0 Å². The summed E-state index contributed by atoms with van der Waals surface area (Å²) in [6.45, 7) is 8.81. The zero-order valence-corrected chi connectivity index (χ0v) is 10.3. The van der Waals surface area contributed by atoms with E-state index >= 15 is 0 Å². The van der Waals surface area contributed by atoms with Crippen molar-refractivity contribution >= 4 is 0 Å². The molecule has 0 spiro atoms. The highest BCUT2D eigenvalue weighted by atomic mass is 16.3. The molecule has 0 bridgehead atoms. The van der Waals surface area contributed by atoms with Crippen LogP contribution in [0.25, 0.3) is 0 Å². The fourth-order valence-electron chi connectivity index (χ4n) is 2.27. The van der Waals surface area contributed by atoms with Crippen molar-refractivity contribution in [3.63, 3.8) is 0 Å². The SMILES string of the molecule is CCC1(O)CN(Cc2cncn2C(C)C)C1. The van der Waals surface area contributed by atoms with Crippen LogP contribution in [0.5, 0.6) is 0 Å². The lowest BCUT2D eigenvalue weighted by Crippen LogP contribution is -2.60. The molecule has 4 heteroatoms. The highest BCUT2D eigenvalue weighted by Gasteiger charge is 2.39. The fraction of sp³-hybridized carbons (Fsp3) is 0.750. The number of rotatable bonds is 4. The lowest BCUT2D eigenvalue weighted by molar-refractivity contribution is -0.104. The minimum Gasteiger partial charge on any atom is -0.387 e. The molecule has 1 N–H and O–H groups in total. The van der Waals surface area contributed by atoms with Gasteiger partial charge in [0.25, 0.3) is 0 Å². The summed E-state index contributed by atoms with van der Waals surface area (Å²) in [7, 11) is 0. The van der Waals surface area contributed by atoms with E-state index in [4.69, 9.17) is 0 Å². The molecule has 0 atom stereocenters. The van der Waals surface area contributed by atoms with Gasteiger partial charge in [0.1, 0.15) is 0 Å². The van der Waals surface area contributed by atoms with Crippen molar-refractivity contribution in [3.8, 4) is 0 Å². The number of aromatic nitrogens is 2. The normalized spacial score (nSPS) is 20.1. The van der Waals surface area contributed by atoms with Crippen LogP contribution >= 0.6 is 0 Å². The number of hydrogen-bond donors (Lipinski definition) is 1. The van der Waals surface area contributed by atoms with E-state index in [-0.39, 0.29) is 0 Å². The molecule has 1 saturated heterocycles. The van der Waals surface area contributed by atoms with E-state index in [1.807, 2.05) is 19.4 Å². The Labute approximate surface area is 96.9 Å². The summed E-state index contributed by atoms with van der Waals surface area (Å²) in [5.74, 6) is 0. The fourth-order valence-corrected chi connectivity index (χ4v) is 2.27. The van der Waals surface area contributed by atoms with Crippen molar-refractivity contribution in [3.05, 3.63) is 18.2 Å². The Bertz CT molecular complexity index is 353. The predicted octanol–water partition coefficient (Wildman–Crippen LogP) is 1.42. The summed E-state index contributed by atoms with van der Waals surface area (Å²) in [4.78, 5) is 6.45. The van der Waals surface area contributed by atoms with E-state index in [2.05, 4.69) is 28.3 Å². The van der Waals surface area contributed by atoms with Crippen LogP contribution in [0.4, 0.5) is 0 Å². The average Bonchev–Trinajstić information content (AvgIpc) is 2.63. The van der Waals surface area contributed by atoms with E-state index in [0.717, 1.165) is 26.1 Å². The number of likely N-dealkylation sites (tertiary alicyclic amines) is 1. The smallest absolute Gasteiger partial charge is 0.0951 e. The van der Waals surface area contributed by atoms with Crippen molar-refractivity contribution in [2.24, 2.45) is 0 Å². The quantitative estimate of drug-likeness (QED) is 0.839. The summed E-state index contributed by atoms with van der Waals surface area (Å²) in [6.07, 6.45) is 4.64. The van der Waals surface area contributed by atoms with Gasteiger partial charge < -0.3 is 9.67 Å². The molecule has 1 aromatic rings. The van der Waals surface area contributed by atoms with Gasteiger partial charge in [-0.05, 0) is 20.3 Å². The zero-order chi connectivity index (χ0) is 11.8. The van der Waals surface area contributed by atoms with Gasteiger partial charge >= 0.3 is 0 Å². The Balaban J connectivity index is 1.94. The molecule has 1 aromatic heterocycles. The lowest BCUT2D eigenvalue weighted by atomic mass is 9.91. The number of aliphatic hydroxyl groups is 1. The third kappa shape index (κ3) is 2.13. The molecule has 1 fully saturated rings. The third-order valence-corrected chi connectivity index (χ3v) is 3.38. The van der Waals surface area contributed by atoms with E-state index in [0.29, 0.717) is 6.04 Å². The van der Waals surface area contributed by atoms with Gasteiger partial charge in [-0.1, -0.05) is 6.92 Å². The van der Waals surface area contributed by atoms with E-state index in [1.165, 1.54) is 5.69 Å². The van der Waals surface area contributed by atoms with Gasteiger partial charge in [0.05, 0.1) is 17.6 Å². The van der Waals surface area contributed by atoms with Crippen molar-refractivity contribution in [2.45, 2.75) is 45.4 Å². The van der Waals surface area contributed by atoms with E-state index in [9.17, 15) is 5.11 Å². The molecular formula is C12H21N3O. The van der Waals surface area contributed by atoms with Crippen LogP contribution in [0.1, 0.15) is 38.9 Å². The Morgan fingerprint density at radius 2 is 2.19 bits per heavy atom. The molecule has 0 aliphatic carbocycles. The number of hydrogen-bond acceptors (Lipinski definition) is 3. The second-order valence-corrected chi connectivity index (χ2v) is 5.11. The minimum absolute atomic E-state index is 0.442. The van der Waals surface area contributed by atoms with Crippen LogP contribution in [0, 0.1) is 0 Å². The van der Waals surface area contributed by atoms with Crippen LogP contribution in [-0.4, -0.2) is 38.2 Å². The first-order chi connectivity index (χ1) is 7.54. The Kier molecular flexibility index (Phi) is 3.04. The van der Waals surface area contributed by atoms with Crippen LogP contribution in [-0.2, 0) is 6.54 Å². The highest BCUT2D eigenvalue weighted by molar-refractivity contribution is 5.04. The Morgan fingerprint density at radius 3 is 2.75 bits per heavy atom. The second-order valence-electron chi connectivity index (χ2n) is 5.11. The first kappa shape index (κ1) is 11.6. The lowest BCUT2D eigenvalue weighted by Gasteiger charge is -2.46. The molecule has 90 valence electrons. The standard InChI is InChI=1S/C12H21N3O/c1-4-12(16)7-14(8-12)6-11-5-13-9-15(11)10(2)3/h5,9-10,16H,4,6-8H2,1-3H3. The maximum absolute atomic E-state index is 9.93. The Morgan fingerprint density at radius 1 is 1.50 bits per heavy atom. The van der Waals surface area contributed by atoms with Gasteiger partial charge in [-0.2, -0.15) is 0 Å². The molecular weight excluding hydrogens is 202 g/mol. The zero-order valence-electron chi connectivity index (χ0n) is 10.3. The molecule has 0 radical (unpaired) electrons. The molecule has 4 nitrogen and oxygen atoms in total. The highest BCUT2D eigenvalue weighted by Crippen LogP contribution is 2.26. The monoisotopic (exact) mass is 223 g/mol. The summed E-state index contributed by atoms with van der Waals surface area (Å²) in [5, 5.41) is 9.93. The molecule has 0 amide bonds. The van der Waals surface area contributed by atoms with Crippen molar-refractivity contribution in [1.29, 1.82) is 0 Å². The van der Waals surface area contributed by atoms with Crippen LogP contribution in [0.2, 0.25) is 0 Å². The van der Waals surface area contributed by atoms with E-state index < -0.39 is 5.60 Å². The van der Waals surface area contributed by atoms with E-state index in [1.54, 1.807) is 0 Å². The van der Waals surface area contributed by atoms with Gasteiger partial charge in [0.15, 0.2) is 0 Å². The number of nitrogens with zero attached hydrogens (tertiary/aromatic N) is 3. The predicted molar refractivity (Wildman–Crippen MR) is 63.1 cm³/mol. The largest absolute Gasteiger partial charge is 0.387 e. The number of β-amino-alcohol motifs (C(OH)–C–C–N with tert-alkyl or cyclic N) is 1. The van der Waals surface area contributed by atoms with Crippen molar-refractivity contribution < 1.29 is 5.11 Å². The summed E-state index contributed by atoms with van der Waals surface area (Å²) < 4.78 is 2.18. The molecule has 0 saturated carbocycles. The molecule has 0 aromatic carbocycles. The molecule has 2 rings (SSSR count). The maximum Gasteiger partial charge on any atom is 0.0951 e. The average molecular weight is 223 g/mol. The van der Waals surface area contributed by atoms with Crippen LogP contribution in [0.15, 0.2) is 12.5 Å². The first-order valence-electron chi connectivity index (χ1n) is 5.99. The molecule has 0 unspecified atom stereocenters. The summed E-state index contributed by atoms with van der Waals surface area (Å²) in [5.41, 5.74) is 0.788. The van der Waals surface area contributed by atoms with Crippen LogP contribution in [0.3, 0.4) is 0 Å². The first-order valence-corrected chi connectivity index (χ1v) is 5.99. The maximum atomic E-state index is 9.93. The van der Waals surface area contributed by atoms with Gasteiger partial charge in [-0.25, -0.2) is 4.98 Å². The van der Waals surface area contributed by atoms with Gasteiger partial charge in [0, 0.05) is 31.9 Å². The van der Waals surface area contributed by atoms with Gasteiger partial charge in [-0.3, -0.25) is 4.90 Å². The molecule has 1 aliphatic rings. The Hall–Kier alpha value is -0.870. The molecule has 2 heterocycles. The summed E-state index contributed by atoms with van der Waals surface area (Å²) in [6, 6.07) is 0.448.